The van der Waals surface area contributed by atoms with Gasteiger partial charge in [0.1, 0.15) is 17.6 Å². The van der Waals surface area contributed by atoms with Crippen LogP contribution in [-0.4, -0.2) is 31.7 Å². The largest absolute Gasteiger partial charge is 0.457 e. The van der Waals surface area contributed by atoms with Crippen LogP contribution in [0.25, 0.3) is 0 Å². The number of carbonyl (C=O) groups is 1. The summed E-state index contributed by atoms with van der Waals surface area (Å²) in [6.07, 6.45) is -0.428. The van der Waals surface area contributed by atoms with Crippen molar-refractivity contribution in [3.05, 3.63) is 59.7 Å². The highest BCUT2D eigenvalue weighted by Crippen LogP contribution is 2.27. The maximum atomic E-state index is 12.2. The third kappa shape index (κ3) is 5.19. The Labute approximate surface area is 154 Å². The Hall–Kier alpha value is -2.08. The molecule has 25 heavy (non-hydrogen) atoms. The van der Waals surface area contributed by atoms with Crippen LogP contribution in [0.5, 0.6) is 11.5 Å². The fraction of sp³-hybridized carbons (Fsp3) is 0.316. The van der Waals surface area contributed by atoms with Gasteiger partial charge in [-0.3, -0.25) is 4.79 Å². The maximum absolute atomic E-state index is 12.2. The molecule has 1 unspecified atom stereocenters. The quantitative estimate of drug-likeness (QED) is 0.858. The number of morpholine rings is 1. The van der Waals surface area contributed by atoms with E-state index in [0.717, 1.165) is 29.2 Å². The van der Waals surface area contributed by atoms with Crippen LogP contribution in [0.15, 0.2) is 48.5 Å². The second-order valence-electron chi connectivity index (χ2n) is 5.76. The van der Waals surface area contributed by atoms with Crippen molar-refractivity contribution in [1.29, 1.82) is 0 Å². The number of nitrogens with one attached hydrogen (secondary N) is 2. The van der Waals surface area contributed by atoms with E-state index < -0.39 is 6.10 Å². The molecule has 1 aliphatic rings. The molecule has 0 aromatic heterocycles. The minimum Gasteiger partial charge on any atom is -0.457 e. The third-order valence-electron chi connectivity index (χ3n) is 3.96. The standard InChI is InChI=1S/C19H22N2O3.ClH/c1-14-6-2-4-8-16(14)24-17-9-5-3-7-15(17)12-21-19(22)18-13-20-10-11-23-18;/h2-9,18,20H,10-13H2,1H3,(H,21,22);1H. The van der Waals surface area contributed by atoms with Crippen molar-refractivity contribution < 1.29 is 14.3 Å². The third-order valence-corrected chi connectivity index (χ3v) is 3.96. The van der Waals surface area contributed by atoms with Gasteiger partial charge in [-0.15, -0.1) is 12.4 Å². The molecule has 2 N–H and O–H groups in total. The van der Waals surface area contributed by atoms with Crippen molar-refractivity contribution in [3.63, 3.8) is 0 Å². The Bertz CT molecular complexity index is 703. The molecule has 1 amide bonds. The van der Waals surface area contributed by atoms with Gasteiger partial charge >= 0.3 is 0 Å². The molecule has 6 heteroatoms. The van der Waals surface area contributed by atoms with Crippen LogP contribution >= 0.6 is 12.4 Å². The van der Waals surface area contributed by atoms with E-state index in [4.69, 9.17) is 9.47 Å². The Morgan fingerprint density at radius 1 is 1.20 bits per heavy atom. The van der Waals surface area contributed by atoms with Crippen LogP contribution in [0, 0.1) is 6.92 Å². The summed E-state index contributed by atoms with van der Waals surface area (Å²) < 4.78 is 11.5. The predicted octanol–water partition coefficient (Wildman–Crippen LogP) is 2.81. The lowest BCUT2D eigenvalue weighted by Crippen LogP contribution is -2.47. The Morgan fingerprint density at radius 3 is 2.64 bits per heavy atom. The molecule has 0 spiro atoms. The zero-order valence-corrected chi connectivity index (χ0v) is 15.0. The number of para-hydroxylation sites is 2. The lowest BCUT2D eigenvalue weighted by molar-refractivity contribution is -0.134. The first-order chi connectivity index (χ1) is 11.7. The van der Waals surface area contributed by atoms with Gasteiger partial charge in [0, 0.05) is 25.2 Å². The van der Waals surface area contributed by atoms with E-state index in [1.807, 2.05) is 55.5 Å². The van der Waals surface area contributed by atoms with Crippen molar-refractivity contribution in [3.8, 4) is 11.5 Å². The maximum Gasteiger partial charge on any atom is 0.250 e. The number of halogens is 1. The number of benzene rings is 2. The van der Waals surface area contributed by atoms with Crippen molar-refractivity contribution in [2.45, 2.75) is 19.6 Å². The molecule has 3 rings (SSSR count). The molecule has 1 heterocycles. The minimum atomic E-state index is -0.428. The van der Waals surface area contributed by atoms with E-state index >= 15 is 0 Å². The number of hydrogen-bond acceptors (Lipinski definition) is 4. The first kappa shape index (κ1) is 19.2. The van der Waals surface area contributed by atoms with E-state index in [0.29, 0.717) is 19.7 Å². The average Bonchev–Trinajstić information content (AvgIpc) is 2.63. The molecular weight excluding hydrogens is 340 g/mol. The summed E-state index contributed by atoms with van der Waals surface area (Å²) >= 11 is 0. The summed E-state index contributed by atoms with van der Waals surface area (Å²) in [5.41, 5.74) is 2.00. The Balaban J connectivity index is 0.00000225. The summed E-state index contributed by atoms with van der Waals surface area (Å²) in [7, 11) is 0. The van der Waals surface area contributed by atoms with Crippen LogP contribution in [-0.2, 0) is 16.1 Å². The summed E-state index contributed by atoms with van der Waals surface area (Å²) in [5.74, 6) is 1.46. The monoisotopic (exact) mass is 362 g/mol. The normalized spacial score (nSPS) is 16.6. The number of ether oxygens (including phenoxy) is 2. The molecule has 5 nitrogen and oxygen atoms in total. The molecule has 0 aliphatic carbocycles. The molecule has 134 valence electrons. The molecule has 1 aliphatic heterocycles. The van der Waals surface area contributed by atoms with E-state index in [9.17, 15) is 4.79 Å². The zero-order chi connectivity index (χ0) is 16.8. The number of carbonyl (C=O) groups excluding carboxylic acids is 1. The van der Waals surface area contributed by atoms with Crippen molar-refractivity contribution in [1.82, 2.24) is 10.6 Å². The number of amides is 1. The summed E-state index contributed by atoms with van der Waals surface area (Å²) in [6, 6.07) is 15.6. The van der Waals surface area contributed by atoms with Crippen molar-refractivity contribution in [2.24, 2.45) is 0 Å². The van der Waals surface area contributed by atoms with Crippen LogP contribution in [0.3, 0.4) is 0 Å². The number of rotatable bonds is 5. The second kappa shape index (κ2) is 9.42. The Kier molecular flexibility index (Phi) is 7.25. The molecule has 2 aromatic rings. The molecule has 0 radical (unpaired) electrons. The first-order valence-corrected chi connectivity index (χ1v) is 8.15. The van der Waals surface area contributed by atoms with E-state index in [1.165, 1.54) is 0 Å². The van der Waals surface area contributed by atoms with Crippen LogP contribution in [0.2, 0.25) is 0 Å². The van der Waals surface area contributed by atoms with Gasteiger partial charge < -0.3 is 20.1 Å². The van der Waals surface area contributed by atoms with Gasteiger partial charge in [-0.05, 0) is 24.6 Å². The predicted molar refractivity (Wildman–Crippen MR) is 99.4 cm³/mol. The Morgan fingerprint density at radius 2 is 1.92 bits per heavy atom. The fourth-order valence-electron chi connectivity index (χ4n) is 2.57. The number of aryl methyl sites for hydroxylation is 1. The molecular formula is C19H23ClN2O3. The van der Waals surface area contributed by atoms with E-state index in [-0.39, 0.29) is 18.3 Å². The molecule has 0 bridgehead atoms. The minimum absolute atomic E-state index is 0. The van der Waals surface area contributed by atoms with Gasteiger partial charge in [-0.1, -0.05) is 36.4 Å². The molecule has 1 atom stereocenters. The number of hydrogen-bond donors (Lipinski definition) is 2. The van der Waals surface area contributed by atoms with Gasteiger partial charge in [0.25, 0.3) is 5.91 Å². The first-order valence-electron chi connectivity index (χ1n) is 8.15. The van der Waals surface area contributed by atoms with Crippen molar-refractivity contribution in [2.75, 3.05) is 19.7 Å². The van der Waals surface area contributed by atoms with Gasteiger partial charge in [-0.25, -0.2) is 0 Å². The van der Waals surface area contributed by atoms with Gasteiger partial charge in [0.2, 0.25) is 0 Å². The van der Waals surface area contributed by atoms with Gasteiger partial charge in [0.05, 0.1) is 6.61 Å². The summed E-state index contributed by atoms with van der Waals surface area (Å²) in [6.45, 7) is 4.31. The highest BCUT2D eigenvalue weighted by atomic mass is 35.5. The lowest BCUT2D eigenvalue weighted by atomic mass is 10.2. The summed E-state index contributed by atoms with van der Waals surface area (Å²) in [4.78, 5) is 12.2. The van der Waals surface area contributed by atoms with Crippen molar-refractivity contribution >= 4 is 18.3 Å². The zero-order valence-electron chi connectivity index (χ0n) is 14.2. The van der Waals surface area contributed by atoms with E-state index in [1.54, 1.807) is 0 Å². The lowest BCUT2D eigenvalue weighted by Gasteiger charge is -2.23. The highest BCUT2D eigenvalue weighted by molar-refractivity contribution is 5.85. The topological polar surface area (TPSA) is 59.6 Å². The fourth-order valence-corrected chi connectivity index (χ4v) is 2.57. The van der Waals surface area contributed by atoms with Crippen LogP contribution in [0.4, 0.5) is 0 Å². The second-order valence-corrected chi connectivity index (χ2v) is 5.76. The highest BCUT2D eigenvalue weighted by Gasteiger charge is 2.21. The van der Waals surface area contributed by atoms with E-state index in [2.05, 4.69) is 10.6 Å². The molecule has 0 saturated carbocycles. The van der Waals surface area contributed by atoms with Crippen LogP contribution in [0.1, 0.15) is 11.1 Å². The molecule has 1 saturated heterocycles. The SMILES string of the molecule is Cc1ccccc1Oc1ccccc1CNC(=O)C1CNCCO1.Cl. The molecule has 1 fully saturated rings. The smallest absolute Gasteiger partial charge is 0.250 e. The average molecular weight is 363 g/mol. The van der Waals surface area contributed by atoms with Crippen LogP contribution < -0.4 is 15.4 Å². The summed E-state index contributed by atoms with van der Waals surface area (Å²) in [5, 5.41) is 6.08. The molecule has 2 aromatic carbocycles. The van der Waals surface area contributed by atoms with Gasteiger partial charge in [-0.2, -0.15) is 0 Å². The van der Waals surface area contributed by atoms with Gasteiger partial charge in [0.15, 0.2) is 0 Å².